The van der Waals surface area contributed by atoms with E-state index >= 15 is 0 Å². The van der Waals surface area contributed by atoms with Crippen LogP contribution in [0.25, 0.3) is 11.4 Å². The molecule has 7 nitrogen and oxygen atoms in total. The van der Waals surface area contributed by atoms with Crippen molar-refractivity contribution in [3.63, 3.8) is 0 Å². The first-order chi connectivity index (χ1) is 14.5. The third kappa shape index (κ3) is 4.71. The molecule has 2 aromatic heterocycles. The second-order valence-electron chi connectivity index (χ2n) is 7.24. The molecule has 0 spiro atoms. The Kier molecular flexibility index (Phi) is 6.46. The quantitative estimate of drug-likeness (QED) is 0.529. The number of nitrogens with zero attached hydrogens (tertiary/aromatic N) is 3. The first-order valence-corrected chi connectivity index (χ1v) is 11.2. The zero-order chi connectivity index (χ0) is 21.1. The van der Waals surface area contributed by atoms with E-state index in [0.29, 0.717) is 22.4 Å². The predicted molar refractivity (Wildman–Crippen MR) is 117 cm³/mol. The minimum absolute atomic E-state index is 0.120. The van der Waals surface area contributed by atoms with Gasteiger partial charge in [-0.25, -0.2) is 0 Å². The molecule has 9 heteroatoms. The van der Waals surface area contributed by atoms with Gasteiger partial charge in [-0.1, -0.05) is 29.4 Å². The molecule has 1 N–H and O–H groups in total. The zero-order valence-electron chi connectivity index (χ0n) is 16.9. The van der Waals surface area contributed by atoms with E-state index in [0.717, 1.165) is 42.2 Å². The van der Waals surface area contributed by atoms with Gasteiger partial charge < -0.3 is 14.5 Å². The number of thioether (sulfide) groups is 1. The lowest BCUT2D eigenvalue weighted by Gasteiger charge is -2.14. The summed E-state index contributed by atoms with van der Waals surface area (Å²) in [7, 11) is 0. The maximum atomic E-state index is 12.5. The van der Waals surface area contributed by atoms with E-state index in [9.17, 15) is 4.79 Å². The van der Waals surface area contributed by atoms with Crippen LogP contribution < -0.4 is 5.32 Å². The molecule has 1 aliphatic heterocycles. The molecule has 3 aromatic rings. The van der Waals surface area contributed by atoms with Gasteiger partial charge in [-0.3, -0.25) is 9.36 Å². The van der Waals surface area contributed by atoms with Crippen molar-refractivity contribution in [1.29, 1.82) is 0 Å². The van der Waals surface area contributed by atoms with Crippen molar-refractivity contribution < 1.29 is 13.9 Å². The van der Waals surface area contributed by atoms with Crippen molar-refractivity contribution in [2.24, 2.45) is 0 Å². The molecule has 0 radical (unpaired) electrons. The van der Waals surface area contributed by atoms with Gasteiger partial charge in [0.1, 0.15) is 5.76 Å². The zero-order valence-corrected chi connectivity index (χ0v) is 18.4. The van der Waals surface area contributed by atoms with Crippen LogP contribution in [0.15, 0.2) is 40.1 Å². The van der Waals surface area contributed by atoms with E-state index in [2.05, 4.69) is 15.5 Å². The molecule has 1 fully saturated rings. The summed E-state index contributed by atoms with van der Waals surface area (Å²) in [6.45, 7) is 5.23. The van der Waals surface area contributed by atoms with Crippen molar-refractivity contribution in [3.05, 3.63) is 46.9 Å². The molecule has 3 heterocycles. The maximum absolute atomic E-state index is 12.5. The van der Waals surface area contributed by atoms with Crippen LogP contribution in [0.1, 0.15) is 24.2 Å². The van der Waals surface area contributed by atoms with Crippen LogP contribution in [-0.4, -0.2) is 39.1 Å². The second-order valence-corrected chi connectivity index (χ2v) is 8.59. The number of carbonyl (C=O) groups excluding carboxylic acids is 1. The van der Waals surface area contributed by atoms with Crippen molar-refractivity contribution >= 4 is 35.0 Å². The summed E-state index contributed by atoms with van der Waals surface area (Å²) in [6, 6.07) is 7.35. The number of halogens is 1. The molecule has 4 rings (SSSR count). The fraction of sp³-hybridized carbons (Fsp3) is 0.381. The van der Waals surface area contributed by atoms with E-state index in [4.69, 9.17) is 20.8 Å². The van der Waals surface area contributed by atoms with Gasteiger partial charge in [-0.15, -0.1) is 10.2 Å². The Morgan fingerprint density at radius 1 is 1.33 bits per heavy atom. The van der Waals surface area contributed by atoms with Crippen molar-refractivity contribution in [1.82, 2.24) is 14.8 Å². The average Bonchev–Trinajstić information content (AvgIpc) is 3.46. The molecule has 1 aliphatic rings. The summed E-state index contributed by atoms with van der Waals surface area (Å²) in [5.74, 6) is 1.58. The number of furan rings is 1. The topological polar surface area (TPSA) is 82.2 Å². The molecule has 158 valence electrons. The van der Waals surface area contributed by atoms with Crippen LogP contribution in [0.2, 0.25) is 5.02 Å². The lowest BCUT2D eigenvalue weighted by atomic mass is 10.2. The van der Waals surface area contributed by atoms with E-state index in [1.165, 1.54) is 11.8 Å². The minimum Gasteiger partial charge on any atom is -0.469 e. The molecule has 0 saturated carbocycles. The molecule has 1 atom stereocenters. The van der Waals surface area contributed by atoms with Gasteiger partial charge in [-0.05, 0) is 50.5 Å². The summed E-state index contributed by atoms with van der Waals surface area (Å²) < 4.78 is 13.3. The highest BCUT2D eigenvalue weighted by molar-refractivity contribution is 7.99. The highest BCUT2D eigenvalue weighted by Gasteiger charge is 2.23. The Labute approximate surface area is 184 Å². The molecular formula is C21H23ClN4O3S. The number of carbonyl (C=O) groups is 1. The Morgan fingerprint density at radius 2 is 2.20 bits per heavy atom. The number of hydrogen-bond donors (Lipinski definition) is 1. The van der Waals surface area contributed by atoms with E-state index < -0.39 is 0 Å². The number of hydrogen-bond acceptors (Lipinski definition) is 6. The number of ether oxygens (including phenoxy) is 1. The summed E-state index contributed by atoms with van der Waals surface area (Å²) in [6.07, 6.45) is 3.82. The first-order valence-electron chi connectivity index (χ1n) is 9.79. The molecule has 1 saturated heterocycles. The van der Waals surface area contributed by atoms with Crippen molar-refractivity contribution in [3.8, 4) is 11.4 Å². The number of aromatic nitrogens is 3. The van der Waals surface area contributed by atoms with E-state index in [-0.39, 0.29) is 17.8 Å². The first kappa shape index (κ1) is 21.0. The van der Waals surface area contributed by atoms with E-state index in [1.54, 1.807) is 12.3 Å². The van der Waals surface area contributed by atoms with Crippen LogP contribution in [0.3, 0.4) is 0 Å². The fourth-order valence-electron chi connectivity index (χ4n) is 3.37. The fourth-order valence-corrected chi connectivity index (χ4v) is 4.29. The van der Waals surface area contributed by atoms with Gasteiger partial charge in [0.15, 0.2) is 11.0 Å². The number of rotatable bonds is 7. The molecule has 0 aliphatic carbocycles. The summed E-state index contributed by atoms with van der Waals surface area (Å²) in [5, 5.41) is 12.9. The van der Waals surface area contributed by atoms with Crippen LogP contribution in [0, 0.1) is 13.8 Å². The number of aryl methyl sites for hydroxylation is 2. The minimum atomic E-state index is -0.132. The Bertz CT molecular complexity index is 1040. The number of anilines is 1. The Morgan fingerprint density at radius 3 is 2.90 bits per heavy atom. The van der Waals surface area contributed by atoms with Gasteiger partial charge in [0, 0.05) is 17.3 Å². The van der Waals surface area contributed by atoms with Gasteiger partial charge in [-0.2, -0.15) is 0 Å². The van der Waals surface area contributed by atoms with Crippen LogP contribution in [0.5, 0.6) is 0 Å². The monoisotopic (exact) mass is 446 g/mol. The third-order valence-electron chi connectivity index (χ3n) is 5.01. The molecule has 0 bridgehead atoms. The maximum Gasteiger partial charge on any atom is 0.234 e. The van der Waals surface area contributed by atoms with E-state index in [1.807, 2.05) is 36.6 Å². The lowest BCUT2D eigenvalue weighted by Crippen LogP contribution is -2.18. The molecule has 0 unspecified atom stereocenters. The smallest absolute Gasteiger partial charge is 0.234 e. The van der Waals surface area contributed by atoms with Gasteiger partial charge >= 0.3 is 0 Å². The standard InChI is InChI=1S/C21H23ClN4O3S/c1-13-5-6-15(10-18(13)22)23-19(27)12-30-21-25-24-20(17-7-9-28-14(17)2)26(21)11-16-4-3-8-29-16/h5-7,9-10,16H,3-4,8,11-12H2,1-2H3,(H,23,27)/t16-/m0/s1. The lowest BCUT2D eigenvalue weighted by molar-refractivity contribution is -0.113. The summed E-state index contributed by atoms with van der Waals surface area (Å²) in [5.41, 5.74) is 2.53. The normalized spacial score (nSPS) is 16.2. The highest BCUT2D eigenvalue weighted by Crippen LogP contribution is 2.29. The van der Waals surface area contributed by atoms with Crippen LogP contribution in [0.4, 0.5) is 5.69 Å². The number of benzene rings is 1. The second kappa shape index (κ2) is 9.24. The van der Waals surface area contributed by atoms with Gasteiger partial charge in [0.25, 0.3) is 0 Å². The highest BCUT2D eigenvalue weighted by atomic mass is 35.5. The van der Waals surface area contributed by atoms with Gasteiger partial charge in [0.2, 0.25) is 5.91 Å². The van der Waals surface area contributed by atoms with Crippen molar-refractivity contribution in [2.75, 3.05) is 17.7 Å². The molecule has 1 aromatic carbocycles. The average molecular weight is 447 g/mol. The molecular weight excluding hydrogens is 424 g/mol. The third-order valence-corrected chi connectivity index (χ3v) is 6.39. The van der Waals surface area contributed by atoms with Crippen LogP contribution in [-0.2, 0) is 16.1 Å². The molecule has 30 heavy (non-hydrogen) atoms. The predicted octanol–water partition coefficient (Wildman–Crippen LogP) is 4.72. The number of nitrogens with one attached hydrogen (secondary N) is 1. The Hall–Kier alpha value is -2.29. The van der Waals surface area contributed by atoms with Crippen LogP contribution >= 0.6 is 23.4 Å². The molecule has 1 amide bonds. The van der Waals surface area contributed by atoms with Gasteiger partial charge in [0.05, 0.1) is 30.2 Å². The summed E-state index contributed by atoms with van der Waals surface area (Å²) >= 11 is 7.49. The number of amides is 1. The van der Waals surface area contributed by atoms with Crippen molar-refractivity contribution in [2.45, 2.75) is 44.5 Å². The SMILES string of the molecule is Cc1ccc(NC(=O)CSc2nnc(-c3ccoc3C)n2C[C@@H]2CCCO2)cc1Cl. The summed E-state index contributed by atoms with van der Waals surface area (Å²) in [4.78, 5) is 12.5. The Balaban J connectivity index is 1.48. The largest absolute Gasteiger partial charge is 0.469 e.